The molecule has 6 aromatic rings. The Hall–Kier alpha value is -5.35. The predicted molar refractivity (Wildman–Crippen MR) is 255 cm³/mol. The van der Waals surface area contributed by atoms with E-state index in [4.69, 9.17) is 40.7 Å². The fraction of sp³-hybridized carbons (Fsp3) is 0.280. The van der Waals surface area contributed by atoms with E-state index in [0.29, 0.717) is 47.3 Å². The van der Waals surface area contributed by atoms with Crippen molar-refractivity contribution in [1.29, 1.82) is 0 Å². The molecule has 0 aliphatic carbocycles. The number of fused-ring (bicyclic) bond motifs is 6. The molecule has 2 atom stereocenters. The molecule has 2 saturated heterocycles. The molecule has 338 valence electrons. The second-order valence-corrected chi connectivity index (χ2v) is 25.3. The minimum absolute atomic E-state index is 0.363. The minimum atomic E-state index is -4.16. The molecule has 6 aromatic carbocycles. The van der Waals surface area contributed by atoms with Gasteiger partial charge in [-0.05, 0) is 127 Å². The molecule has 13 nitrogen and oxygen atoms in total. The molecular weight excluding hydrogens is 891 g/mol. The van der Waals surface area contributed by atoms with Gasteiger partial charge < -0.3 is 27.1 Å². The third kappa shape index (κ3) is 7.19. The Morgan fingerprint density at radius 3 is 1.06 bits per heavy atom. The lowest BCUT2D eigenvalue weighted by Crippen LogP contribution is -2.44. The number of hydroxylamine groups is 4. The van der Waals surface area contributed by atoms with Crippen molar-refractivity contribution < 1.29 is 37.6 Å². The van der Waals surface area contributed by atoms with Crippen molar-refractivity contribution >= 4 is 23.0 Å². The van der Waals surface area contributed by atoms with Crippen LogP contribution in [0.5, 0.6) is 34.5 Å². The zero-order valence-electron chi connectivity index (χ0n) is 37.5. The van der Waals surface area contributed by atoms with Gasteiger partial charge in [-0.1, -0.05) is 111 Å². The third-order valence-electron chi connectivity index (χ3n) is 13.5. The molecule has 0 bridgehead atoms. The van der Waals surface area contributed by atoms with Gasteiger partial charge in [0.2, 0.25) is 0 Å². The van der Waals surface area contributed by atoms with Crippen LogP contribution in [0.15, 0.2) is 159 Å². The molecule has 5 aliphatic heterocycles. The van der Waals surface area contributed by atoms with Gasteiger partial charge in [0.25, 0.3) is 0 Å². The molecule has 2 spiro atoms. The van der Waals surface area contributed by atoms with Gasteiger partial charge in [-0.3, -0.25) is 0 Å². The first-order valence-corrected chi connectivity index (χ1v) is 26.7. The lowest BCUT2D eigenvalue weighted by atomic mass is 9.90. The highest BCUT2D eigenvalue weighted by Gasteiger charge is 2.53. The van der Waals surface area contributed by atoms with E-state index in [0.717, 1.165) is 46.2 Å². The maximum Gasteiger partial charge on any atom is 0.460 e. The van der Waals surface area contributed by atoms with Gasteiger partial charge >= 0.3 is 23.0 Å². The zero-order chi connectivity index (χ0) is 45.7. The van der Waals surface area contributed by atoms with Crippen LogP contribution in [-0.2, 0) is 21.5 Å². The van der Waals surface area contributed by atoms with E-state index in [9.17, 15) is 10.4 Å². The van der Waals surface area contributed by atoms with Crippen molar-refractivity contribution in [2.24, 2.45) is 13.5 Å². The molecule has 0 aromatic heterocycles. The first-order chi connectivity index (χ1) is 31.5. The molecule has 0 saturated carbocycles. The van der Waals surface area contributed by atoms with Gasteiger partial charge in [-0.15, -0.1) is 20.5 Å². The van der Waals surface area contributed by atoms with Crippen LogP contribution >= 0.6 is 23.0 Å². The number of benzene rings is 6. The average Bonchev–Trinajstić information content (AvgIpc) is 3.51. The molecule has 0 N–H and O–H groups in total. The number of nitrogens with zero attached hydrogens (tertiary/aromatic N) is 5. The van der Waals surface area contributed by atoms with E-state index in [1.54, 1.807) is 0 Å². The maximum absolute atomic E-state index is 13.7. The molecule has 11 rings (SSSR count). The smallest absolute Gasteiger partial charge is 0.413 e. The molecule has 2 fully saturated rings. The van der Waals surface area contributed by atoms with E-state index >= 15 is 0 Å². The molecule has 5 aliphatic rings. The largest absolute Gasteiger partial charge is 0.460 e. The van der Waals surface area contributed by atoms with Gasteiger partial charge in [0, 0.05) is 33.3 Å². The Labute approximate surface area is 385 Å². The Kier molecular flexibility index (Phi) is 10.0. The lowest BCUT2D eigenvalue weighted by molar-refractivity contribution is -0.252. The van der Waals surface area contributed by atoms with Crippen LogP contribution in [0.1, 0.15) is 78.4 Å². The van der Waals surface area contributed by atoms with E-state index in [2.05, 4.69) is 0 Å². The first kappa shape index (κ1) is 43.2. The number of hydrogen-bond donors (Lipinski definition) is 0. The maximum atomic E-state index is 13.7. The molecule has 16 heteroatoms. The van der Waals surface area contributed by atoms with E-state index in [-0.39, 0.29) is 0 Å². The molecule has 2 radical (unpaired) electrons. The quantitative estimate of drug-likeness (QED) is 0.150. The van der Waals surface area contributed by atoms with Crippen molar-refractivity contribution in [1.82, 2.24) is 10.1 Å². The summed E-state index contributed by atoms with van der Waals surface area (Å²) in [7, 11) is -12.2. The van der Waals surface area contributed by atoms with Gasteiger partial charge in [-0.25, -0.2) is 0 Å². The fourth-order valence-electron chi connectivity index (χ4n) is 9.73. The topological polar surface area (TPSA) is 139 Å². The van der Waals surface area contributed by atoms with Crippen LogP contribution in [0.4, 0.5) is 0 Å². The Bertz CT molecular complexity index is 2800. The minimum Gasteiger partial charge on any atom is -0.413 e. The Morgan fingerprint density at radius 2 is 0.742 bits per heavy atom. The molecule has 5 heterocycles. The van der Waals surface area contributed by atoms with Gasteiger partial charge in [-0.2, -0.15) is 0 Å². The number of hydrogen-bond acceptors (Lipinski definition) is 11. The summed E-state index contributed by atoms with van der Waals surface area (Å²) in [5, 5.41) is 29.8. The summed E-state index contributed by atoms with van der Waals surface area (Å²) >= 11 is 0. The van der Waals surface area contributed by atoms with Crippen molar-refractivity contribution in [2.75, 3.05) is 0 Å². The van der Waals surface area contributed by atoms with Crippen LogP contribution < -0.4 is 27.1 Å². The zero-order valence-corrected chi connectivity index (χ0v) is 40.2. The van der Waals surface area contributed by atoms with Gasteiger partial charge in [0.1, 0.15) is 34.5 Å². The summed E-state index contributed by atoms with van der Waals surface area (Å²) in [6.07, 6.45) is 2.91. The van der Waals surface area contributed by atoms with Gasteiger partial charge in [0.15, 0.2) is 0 Å². The Morgan fingerprint density at radius 1 is 0.424 bits per heavy atom. The summed E-state index contributed by atoms with van der Waals surface area (Å²) in [5.74, 6) is 2.65. The van der Waals surface area contributed by atoms with Crippen LogP contribution in [0.2, 0.25) is 0 Å². The van der Waals surface area contributed by atoms with E-state index in [1.165, 1.54) is 10.1 Å². The fourth-order valence-corrected chi connectivity index (χ4v) is 18.9. The van der Waals surface area contributed by atoms with E-state index in [1.807, 2.05) is 187 Å². The SMILES string of the molecule is CC1(C)CC[C@@](C)(c2ccc(OP3(Oc4ccc([C@]5(C)CCC(C)(C)N5[O])cc4)=NP4(=NP5(=N3)Oc3ccccc3-c3ccccc3O5)Oc3ccccc3-c3ccccc3O4)cc2)N1[O]. The number of rotatable bonds is 6. The van der Waals surface area contributed by atoms with Crippen molar-refractivity contribution in [3.63, 3.8) is 0 Å². The second-order valence-electron chi connectivity index (χ2n) is 19.1. The number of para-hydroxylation sites is 4. The van der Waals surface area contributed by atoms with Crippen LogP contribution in [0.3, 0.4) is 0 Å². The van der Waals surface area contributed by atoms with Crippen LogP contribution in [0, 0.1) is 0 Å². The van der Waals surface area contributed by atoms with Crippen LogP contribution in [-0.4, -0.2) is 21.2 Å². The summed E-state index contributed by atoms with van der Waals surface area (Å²) in [6, 6.07) is 45.5. The molecule has 0 unspecified atom stereocenters. The van der Waals surface area contributed by atoms with Crippen LogP contribution in [0.25, 0.3) is 22.3 Å². The first-order valence-electron chi connectivity index (χ1n) is 22.1. The predicted octanol–water partition coefficient (Wildman–Crippen LogP) is 15.1. The lowest BCUT2D eigenvalue weighted by Gasteiger charge is -2.35. The molecule has 66 heavy (non-hydrogen) atoms. The second kappa shape index (κ2) is 15.3. The highest BCUT2D eigenvalue weighted by molar-refractivity contribution is 7.79. The average molecular weight is 942 g/mol. The molecule has 0 amide bonds. The third-order valence-corrected chi connectivity index (χ3v) is 21.6. The van der Waals surface area contributed by atoms with E-state index < -0.39 is 45.1 Å². The highest BCUT2D eigenvalue weighted by Crippen LogP contribution is 2.80. The normalized spacial score (nSPS) is 24.7. The summed E-state index contributed by atoms with van der Waals surface area (Å²) in [5.41, 5.74) is 2.34. The Balaban J connectivity index is 1.13. The van der Waals surface area contributed by atoms with Crippen molar-refractivity contribution in [3.8, 4) is 56.8 Å². The monoisotopic (exact) mass is 941 g/mol. The van der Waals surface area contributed by atoms with Crippen molar-refractivity contribution in [3.05, 3.63) is 157 Å². The van der Waals surface area contributed by atoms with Crippen molar-refractivity contribution in [2.45, 2.75) is 89.4 Å². The standard InChI is InChI=1S/C50H50N5O8P3/c1-47(2)31-33-49(5,54(47)56)35-23-27-37(28-24-35)58-64(59-38-29-25-36(26-30-38)50(6)34-32-48(3,4)55(50)57)51-65(60-43-19-11-7-15-39(43)40-16-8-12-20-44(40)61-65)53-66(52-64)62-45-21-13-9-17-41(45)42-18-10-14-22-46(42)63-66/h7-30H,31-34H2,1-6H3/t49-,50-/m0/s1. The molecular formula is C50H50N5O8P3. The summed E-state index contributed by atoms with van der Waals surface area (Å²) < 4.78 is 58.6. The summed E-state index contributed by atoms with van der Waals surface area (Å²) in [6.45, 7) is 11.9. The highest BCUT2D eigenvalue weighted by atomic mass is 31.3. The summed E-state index contributed by atoms with van der Waals surface area (Å²) in [4.78, 5) is 0. The van der Waals surface area contributed by atoms with Gasteiger partial charge in [0.05, 0.1) is 11.1 Å².